The molecule has 2 aromatic carbocycles. The first-order chi connectivity index (χ1) is 17.8. The predicted octanol–water partition coefficient (Wildman–Crippen LogP) is 4.99. The van der Waals surface area contributed by atoms with Gasteiger partial charge in [-0.2, -0.15) is 0 Å². The SMILES string of the molecule is CCC(=O)c1cc(F)c(OCC2CN(C(=O)[C@H]3CCCC[C@@H]3C(=O)c3ccc(F)cc3)CCO2)c(F)c1. The van der Waals surface area contributed by atoms with Gasteiger partial charge in [0.15, 0.2) is 29.0 Å². The lowest BCUT2D eigenvalue weighted by Gasteiger charge is -2.38. The van der Waals surface area contributed by atoms with Crippen LogP contribution in [0.3, 0.4) is 0 Å². The Labute approximate surface area is 213 Å². The Kier molecular flexibility index (Phi) is 8.63. The molecule has 1 aliphatic carbocycles. The highest BCUT2D eigenvalue weighted by molar-refractivity contribution is 6.00. The van der Waals surface area contributed by atoms with Crippen LogP contribution in [0.5, 0.6) is 5.75 Å². The number of carbonyl (C=O) groups is 3. The van der Waals surface area contributed by atoms with Crippen molar-refractivity contribution in [2.75, 3.05) is 26.3 Å². The fraction of sp³-hybridized carbons (Fsp3) is 0.464. The summed E-state index contributed by atoms with van der Waals surface area (Å²) in [6.45, 7) is 2.12. The normalized spacial score (nSPS) is 21.9. The second kappa shape index (κ2) is 11.9. The number of morpholine rings is 1. The van der Waals surface area contributed by atoms with E-state index in [-0.39, 0.29) is 49.2 Å². The molecular formula is C28H30F3NO5. The highest BCUT2D eigenvalue weighted by atomic mass is 19.1. The molecule has 0 radical (unpaired) electrons. The van der Waals surface area contributed by atoms with E-state index in [1.807, 2.05) is 0 Å². The van der Waals surface area contributed by atoms with Crippen LogP contribution < -0.4 is 4.74 Å². The van der Waals surface area contributed by atoms with Crippen LogP contribution in [-0.2, 0) is 9.53 Å². The highest BCUT2D eigenvalue weighted by Crippen LogP contribution is 2.34. The number of ketones is 2. The Balaban J connectivity index is 1.40. The van der Waals surface area contributed by atoms with E-state index in [1.165, 1.54) is 24.3 Å². The first-order valence-electron chi connectivity index (χ1n) is 12.6. The molecule has 0 bridgehead atoms. The minimum Gasteiger partial charge on any atom is -0.485 e. The molecule has 2 aromatic rings. The van der Waals surface area contributed by atoms with Crippen molar-refractivity contribution in [1.29, 1.82) is 0 Å². The number of ether oxygens (including phenoxy) is 2. The monoisotopic (exact) mass is 517 g/mol. The van der Waals surface area contributed by atoms with Crippen molar-refractivity contribution in [3.63, 3.8) is 0 Å². The van der Waals surface area contributed by atoms with Crippen molar-refractivity contribution in [3.05, 3.63) is 65.0 Å². The number of benzene rings is 2. The molecule has 9 heteroatoms. The maximum atomic E-state index is 14.4. The second-order valence-electron chi connectivity index (χ2n) is 9.50. The Bertz CT molecular complexity index is 1130. The first kappa shape index (κ1) is 26.9. The van der Waals surface area contributed by atoms with Gasteiger partial charge in [0.2, 0.25) is 5.91 Å². The molecule has 1 aliphatic heterocycles. The molecule has 37 heavy (non-hydrogen) atoms. The van der Waals surface area contributed by atoms with E-state index in [1.54, 1.807) is 11.8 Å². The van der Waals surface area contributed by atoms with E-state index >= 15 is 0 Å². The standard InChI is InChI=1S/C28H30F3NO5/c1-2-25(33)18-13-23(30)27(24(31)14-18)37-16-20-15-32(11-12-36-20)28(35)22-6-4-3-5-21(22)26(34)17-7-9-19(29)10-8-17/h7-10,13-14,20-22H,2-6,11-12,15-16H2,1H3/t20?,21-,22-/m0/s1. The Morgan fingerprint density at radius 3 is 2.27 bits per heavy atom. The van der Waals surface area contributed by atoms with E-state index in [0.29, 0.717) is 24.9 Å². The van der Waals surface area contributed by atoms with Crippen molar-refractivity contribution in [2.45, 2.75) is 45.1 Å². The summed E-state index contributed by atoms with van der Waals surface area (Å²) in [7, 11) is 0. The zero-order chi connectivity index (χ0) is 26.5. The molecule has 1 unspecified atom stereocenters. The van der Waals surface area contributed by atoms with Crippen LogP contribution in [0.1, 0.15) is 59.7 Å². The zero-order valence-corrected chi connectivity index (χ0v) is 20.7. The minimum absolute atomic E-state index is 0.0623. The van der Waals surface area contributed by atoms with Crippen molar-refractivity contribution in [3.8, 4) is 5.75 Å². The average Bonchev–Trinajstić information content (AvgIpc) is 2.91. The molecule has 1 saturated heterocycles. The predicted molar refractivity (Wildman–Crippen MR) is 129 cm³/mol. The molecule has 3 atom stereocenters. The summed E-state index contributed by atoms with van der Waals surface area (Å²) in [5.74, 6) is -4.68. The summed E-state index contributed by atoms with van der Waals surface area (Å²) < 4.78 is 53.2. The Morgan fingerprint density at radius 2 is 1.62 bits per heavy atom. The third-order valence-electron chi connectivity index (χ3n) is 7.05. The third kappa shape index (κ3) is 6.21. The molecule has 6 nitrogen and oxygen atoms in total. The van der Waals surface area contributed by atoms with Gasteiger partial charge >= 0.3 is 0 Å². The van der Waals surface area contributed by atoms with Crippen molar-refractivity contribution in [2.24, 2.45) is 11.8 Å². The van der Waals surface area contributed by atoms with Crippen molar-refractivity contribution in [1.82, 2.24) is 4.90 Å². The zero-order valence-electron chi connectivity index (χ0n) is 20.7. The molecule has 0 N–H and O–H groups in total. The van der Waals surface area contributed by atoms with Crippen LogP contribution in [0.2, 0.25) is 0 Å². The van der Waals surface area contributed by atoms with E-state index in [9.17, 15) is 27.6 Å². The number of nitrogens with zero attached hydrogens (tertiary/aromatic N) is 1. The van der Waals surface area contributed by atoms with Crippen LogP contribution in [0.4, 0.5) is 13.2 Å². The van der Waals surface area contributed by atoms with Crippen LogP contribution >= 0.6 is 0 Å². The third-order valence-corrected chi connectivity index (χ3v) is 7.05. The first-order valence-corrected chi connectivity index (χ1v) is 12.6. The summed E-state index contributed by atoms with van der Waals surface area (Å²) in [5, 5.41) is 0. The molecule has 0 aromatic heterocycles. The fourth-order valence-electron chi connectivity index (χ4n) is 5.06. The number of Topliss-reactive ketones (excluding diaryl/α,β-unsaturated/α-hetero) is 2. The van der Waals surface area contributed by atoms with E-state index in [0.717, 1.165) is 25.0 Å². The number of carbonyl (C=O) groups excluding carboxylic acids is 3. The summed E-state index contributed by atoms with van der Waals surface area (Å²) in [6.07, 6.45) is 2.32. The topological polar surface area (TPSA) is 72.9 Å². The largest absolute Gasteiger partial charge is 0.485 e. The lowest BCUT2D eigenvalue weighted by Crippen LogP contribution is -2.51. The summed E-state index contributed by atoms with van der Waals surface area (Å²) in [5.41, 5.74) is 0.322. The van der Waals surface area contributed by atoms with Gasteiger partial charge in [-0.1, -0.05) is 19.8 Å². The summed E-state index contributed by atoms with van der Waals surface area (Å²) in [4.78, 5) is 40.0. The molecule has 2 fully saturated rings. The quantitative estimate of drug-likeness (QED) is 0.462. The van der Waals surface area contributed by atoms with Gasteiger partial charge in [0.1, 0.15) is 18.5 Å². The number of hydrogen-bond acceptors (Lipinski definition) is 5. The molecule has 198 valence electrons. The lowest BCUT2D eigenvalue weighted by atomic mass is 9.74. The second-order valence-corrected chi connectivity index (χ2v) is 9.50. The number of rotatable bonds is 8. The van der Waals surface area contributed by atoms with E-state index < -0.39 is 41.1 Å². The van der Waals surface area contributed by atoms with Gasteiger partial charge in [0.05, 0.1) is 13.2 Å². The minimum atomic E-state index is -0.982. The molecule has 0 spiro atoms. The maximum Gasteiger partial charge on any atom is 0.226 e. The fourth-order valence-corrected chi connectivity index (χ4v) is 5.06. The van der Waals surface area contributed by atoms with Gasteiger partial charge in [-0.15, -0.1) is 0 Å². The van der Waals surface area contributed by atoms with Crippen LogP contribution in [0, 0.1) is 29.3 Å². The van der Waals surface area contributed by atoms with Gasteiger partial charge in [-0.3, -0.25) is 14.4 Å². The lowest BCUT2D eigenvalue weighted by molar-refractivity contribution is -0.146. The molecule has 4 rings (SSSR count). The van der Waals surface area contributed by atoms with Crippen LogP contribution in [0.25, 0.3) is 0 Å². The van der Waals surface area contributed by atoms with Gasteiger partial charge in [0.25, 0.3) is 0 Å². The molecular weight excluding hydrogens is 487 g/mol. The average molecular weight is 518 g/mol. The number of hydrogen-bond donors (Lipinski definition) is 0. The Morgan fingerprint density at radius 1 is 0.973 bits per heavy atom. The van der Waals surface area contributed by atoms with Crippen molar-refractivity contribution >= 4 is 17.5 Å². The molecule has 1 heterocycles. The van der Waals surface area contributed by atoms with Crippen LogP contribution in [0.15, 0.2) is 36.4 Å². The number of halogens is 3. The Hall–Kier alpha value is -3.20. The maximum absolute atomic E-state index is 14.4. The van der Waals surface area contributed by atoms with Gasteiger partial charge in [-0.05, 0) is 49.2 Å². The number of amides is 1. The van der Waals surface area contributed by atoms with Gasteiger partial charge in [-0.25, -0.2) is 13.2 Å². The smallest absolute Gasteiger partial charge is 0.226 e. The molecule has 1 saturated carbocycles. The summed E-state index contributed by atoms with van der Waals surface area (Å²) in [6, 6.07) is 7.25. The van der Waals surface area contributed by atoms with Gasteiger partial charge < -0.3 is 14.4 Å². The molecule has 1 amide bonds. The van der Waals surface area contributed by atoms with Crippen LogP contribution in [-0.4, -0.2) is 54.8 Å². The van der Waals surface area contributed by atoms with Crippen molar-refractivity contribution < 1.29 is 37.0 Å². The van der Waals surface area contributed by atoms with E-state index in [2.05, 4.69) is 0 Å². The molecule has 2 aliphatic rings. The highest BCUT2D eigenvalue weighted by Gasteiger charge is 2.39. The summed E-state index contributed by atoms with van der Waals surface area (Å²) >= 11 is 0. The van der Waals surface area contributed by atoms with Gasteiger partial charge in [0, 0.05) is 35.9 Å². The van der Waals surface area contributed by atoms with E-state index in [4.69, 9.17) is 9.47 Å².